The Bertz CT molecular complexity index is 607. The minimum atomic E-state index is -4.33. The van der Waals surface area contributed by atoms with E-state index in [0.29, 0.717) is 16.9 Å². The standard InChI is InChI=1S/C14H14F3NOS/c1-8-5-9(14(15,16)17)3-4-11(8)13(18)12-6-10(19-2)7-20-12/h3-7,13H,18H2,1-2H3. The molecule has 2 rings (SSSR count). The Morgan fingerprint density at radius 2 is 1.95 bits per heavy atom. The van der Waals surface area contributed by atoms with Crippen LogP contribution in [0.2, 0.25) is 0 Å². The lowest BCUT2D eigenvalue weighted by Gasteiger charge is -2.15. The molecule has 1 aromatic heterocycles. The Morgan fingerprint density at radius 1 is 1.25 bits per heavy atom. The van der Waals surface area contributed by atoms with Crippen LogP contribution in [0, 0.1) is 6.92 Å². The fourth-order valence-corrected chi connectivity index (χ4v) is 2.83. The van der Waals surface area contributed by atoms with Crippen LogP contribution in [0.4, 0.5) is 13.2 Å². The number of aryl methyl sites for hydroxylation is 1. The van der Waals surface area contributed by atoms with Gasteiger partial charge in [0.15, 0.2) is 0 Å². The number of hydrogen-bond donors (Lipinski definition) is 1. The molecule has 2 aromatic rings. The highest BCUT2D eigenvalue weighted by Crippen LogP contribution is 2.34. The molecule has 0 radical (unpaired) electrons. The molecule has 0 saturated carbocycles. The Kier molecular flexibility index (Phi) is 4.06. The molecule has 6 heteroatoms. The van der Waals surface area contributed by atoms with Crippen LogP contribution in [0.15, 0.2) is 29.6 Å². The van der Waals surface area contributed by atoms with E-state index in [1.165, 1.54) is 17.4 Å². The highest BCUT2D eigenvalue weighted by atomic mass is 32.1. The Morgan fingerprint density at radius 3 is 2.45 bits per heavy atom. The van der Waals surface area contributed by atoms with Gasteiger partial charge in [-0.05, 0) is 36.2 Å². The van der Waals surface area contributed by atoms with Crippen molar-refractivity contribution in [3.8, 4) is 5.75 Å². The zero-order valence-electron chi connectivity index (χ0n) is 11.0. The van der Waals surface area contributed by atoms with Crippen molar-refractivity contribution >= 4 is 11.3 Å². The fourth-order valence-electron chi connectivity index (χ4n) is 1.96. The lowest BCUT2D eigenvalue weighted by atomic mass is 9.98. The maximum atomic E-state index is 12.6. The SMILES string of the molecule is COc1csc(C(N)c2ccc(C(F)(F)F)cc2C)c1. The van der Waals surface area contributed by atoms with Gasteiger partial charge in [-0.3, -0.25) is 0 Å². The average molecular weight is 301 g/mol. The van der Waals surface area contributed by atoms with Crippen LogP contribution in [0.5, 0.6) is 5.75 Å². The van der Waals surface area contributed by atoms with Crippen molar-refractivity contribution in [3.05, 3.63) is 51.2 Å². The van der Waals surface area contributed by atoms with Crippen LogP contribution < -0.4 is 10.5 Å². The minimum Gasteiger partial charge on any atom is -0.496 e. The Balaban J connectivity index is 2.33. The number of halogens is 3. The first-order valence-electron chi connectivity index (χ1n) is 5.88. The number of rotatable bonds is 3. The maximum absolute atomic E-state index is 12.6. The molecule has 0 aliphatic carbocycles. The van der Waals surface area contributed by atoms with E-state index in [1.54, 1.807) is 20.1 Å². The molecule has 0 amide bonds. The van der Waals surface area contributed by atoms with Gasteiger partial charge in [-0.1, -0.05) is 6.07 Å². The summed E-state index contributed by atoms with van der Waals surface area (Å²) in [6.07, 6.45) is -4.33. The molecule has 0 aliphatic heterocycles. The molecule has 0 saturated heterocycles. The molecule has 2 nitrogen and oxygen atoms in total. The van der Waals surface area contributed by atoms with E-state index in [0.717, 1.165) is 17.0 Å². The number of alkyl halides is 3. The van der Waals surface area contributed by atoms with Crippen LogP contribution >= 0.6 is 11.3 Å². The summed E-state index contributed by atoms with van der Waals surface area (Å²) >= 11 is 1.42. The van der Waals surface area contributed by atoms with E-state index in [1.807, 2.05) is 5.38 Å². The molecular formula is C14H14F3NOS. The maximum Gasteiger partial charge on any atom is 0.416 e. The Hall–Kier alpha value is -1.53. The first-order chi connectivity index (χ1) is 9.32. The topological polar surface area (TPSA) is 35.2 Å². The molecule has 1 unspecified atom stereocenters. The van der Waals surface area contributed by atoms with Crippen molar-refractivity contribution in [2.24, 2.45) is 5.73 Å². The van der Waals surface area contributed by atoms with E-state index < -0.39 is 17.8 Å². The molecule has 108 valence electrons. The van der Waals surface area contributed by atoms with E-state index in [9.17, 15) is 13.2 Å². The average Bonchev–Trinajstić information content (AvgIpc) is 2.85. The van der Waals surface area contributed by atoms with Gasteiger partial charge in [-0.25, -0.2) is 0 Å². The second-order valence-electron chi connectivity index (χ2n) is 4.44. The lowest BCUT2D eigenvalue weighted by Crippen LogP contribution is -2.13. The number of nitrogens with two attached hydrogens (primary N) is 1. The van der Waals surface area contributed by atoms with E-state index in [4.69, 9.17) is 10.5 Å². The molecule has 0 aliphatic rings. The summed E-state index contributed by atoms with van der Waals surface area (Å²) in [4.78, 5) is 0.852. The van der Waals surface area contributed by atoms with Gasteiger partial charge in [-0.15, -0.1) is 11.3 Å². The van der Waals surface area contributed by atoms with Crippen LogP contribution in [-0.4, -0.2) is 7.11 Å². The molecule has 1 aromatic carbocycles. The molecule has 0 fully saturated rings. The molecule has 0 spiro atoms. The van der Waals surface area contributed by atoms with Crippen molar-refractivity contribution in [2.75, 3.05) is 7.11 Å². The molecule has 1 atom stereocenters. The zero-order valence-corrected chi connectivity index (χ0v) is 11.8. The van der Waals surface area contributed by atoms with Gasteiger partial charge in [0.25, 0.3) is 0 Å². The van der Waals surface area contributed by atoms with E-state index in [-0.39, 0.29) is 0 Å². The largest absolute Gasteiger partial charge is 0.496 e. The predicted molar refractivity (Wildman–Crippen MR) is 73.1 cm³/mol. The number of thiophene rings is 1. The number of methoxy groups -OCH3 is 1. The van der Waals surface area contributed by atoms with Crippen molar-refractivity contribution in [3.63, 3.8) is 0 Å². The summed E-state index contributed by atoms with van der Waals surface area (Å²) in [7, 11) is 1.56. The summed E-state index contributed by atoms with van der Waals surface area (Å²) < 4.78 is 43.0. The van der Waals surface area contributed by atoms with Gasteiger partial charge >= 0.3 is 6.18 Å². The minimum absolute atomic E-state index is 0.453. The smallest absolute Gasteiger partial charge is 0.416 e. The monoisotopic (exact) mass is 301 g/mol. The van der Waals surface area contributed by atoms with Gasteiger partial charge in [0.05, 0.1) is 18.7 Å². The predicted octanol–water partition coefficient (Wildman–Crippen LogP) is 4.13. The normalized spacial score (nSPS) is 13.3. The third-order valence-corrected chi connectivity index (χ3v) is 4.06. The van der Waals surface area contributed by atoms with E-state index >= 15 is 0 Å². The number of benzene rings is 1. The highest BCUT2D eigenvalue weighted by Gasteiger charge is 2.31. The number of hydrogen-bond acceptors (Lipinski definition) is 3. The second kappa shape index (κ2) is 5.46. The second-order valence-corrected chi connectivity index (χ2v) is 5.38. The van der Waals surface area contributed by atoms with Gasteiger partial charge in [0.1, 0.15) is 5.75 Å². The van der Waals surface area contributed by atoms with Crippen molar-refractivity contribution in [2.45, 2.75) is 19.1 Å². The molecule has 1 heterocycles. The molecule has 20 heavy (non-hydrogen) atoms. The lowest BCUT2D eigenvalue weighted by molar-refractivity contribution is -0.137. The van der Waals surface area contributed by atoms with Crippen molar-refractivity contribution < 1.29 is 17.9 Å². The summed E-state index contributed by atoms with van der Waals surface area (Å²) in [6, 6.07) is 4.97. The third-order valence-electron chi connectivity index (χ3n) is 3.07. The summed E-state index contributed by atoms with van der Waals surface area (Å²) in [5, 5.41) is 1.81. The van der Waals surface area contributed by atoms with Crippen LogP contribution in [-0.2, 0) is 6.18 Å². The highest BCUT2D eigenvalue weighted by molar-refractivity contribution is 7.10. The van der Waals surface area contributed by atoms with Crippen molar-refractivity contribution in [1.29, 1.82) is 0 Å². The Labute approximate surface area is 119 Å². The first-order valence-corrected chi connectivity index (χ1v) is 6.76. The van der Waals surface area contributed by atoms with Gasteiger partial charge in [-0.2, -0.15) is 13.2 Å². The fraction of sp³-hybridized carbons (Fsp3) is 0.286. The third kappa shape index (κ3) is 2.96. The molecule has 2 N–H and O–H groups in total. The van der Waals surface area contributed by atoms with Crippen molar-refractivity contribution in [1.82, 2.24) is 0 Å². The summed E-state index contributed by atoms with van der Waals surface area (Å²) in [5.41, 5.74) is 6.67. The van der Waals surface area contributed by atoms with Crippen LogP contribution in [0.3, 0.4) is 0 Å². The summed E-state index contributed by atoms with van der Waals surface area (Å²) in [6.45, 7) is 1.63. The number of ether oxygens (including phenoxy) is 1. The first kappa shape index (κ1) is 14.9. The van der Waals surface area contributed by atoms with Gasteiger partial charge < -0.3 is 10.5 Å². The zero-order chi connectivity index (χ0) is 14.9. The quantitative estimate of drug-likeness (QED) is 0.925. The van der Waals surface area contributed by atoms with E-state index in [2.05, 4.69) is 0 Å². The molecular weight excluding hydrogens is 287 g/mol. The summed E-state index contributed by atoms with van der Waals surface area (Å²) in [5.74, 6) is 0.699. The van der Waals surface area contributed by atoms with Gasteiger partial charge in [0.2, 0.25) is 0 Å². The van der Waals surface area contributed by atoms with Gasteiger partial charge in [0, 0.05) is 10.3 Å². The van der Waals surface area contributed by atoms with Crippen LogP contribution in [0.1, 0.15) is 27.6 Å². The van der Waals surface area contributed by atoms with Crippen LogP contribution in [0.25, 0.3) is 0 Å². The molecule has 0 bridgehead atoms.